The fraction of sp³-hybridized carbons (Fsp3) is 0.697. The summed E-state index contributed by atoms with van der Waals surface area (Å²) in [6.45, 7) is 4.79. The summed E-state index contributed by atoms with van der Waals surface area (Å²) in [6, 6.07) is -9.20. The third kappa shape index (κ3) is 16.4. The lowest BCUT2D eigenvalue weighted by atomic mass is 9.98. The Labute approximate surface area is 329 Å². The van der Waals surface area contributed by atoms with Crippen molar-refractivity contribution in [3.05, 3.63) is 0 Å². The van der Waals surface area contributed by atoms with Gasteiger partial charge >= 0.3 is 5.97 Å². The highest BCUT2D eigenvalue weighted by Crippen LogP contribution is 2.21. The molecule has 1 fully saturated rings. The van der Waals surface area contributed by atoms with Crippen molar-refractivity contribution in [1.82, 2.24) is 36.8 Å². The number of thiol groups is 1. The highest BCUT2D eigenvalue weighted by molar-refractivity contribution is 7.80. The van der Waals surface area contributed by atoms with Crippen molar-refractivity contribution in [3.63, 3.8) is 0 Å². The molecule has 1 aliphatic heterocycles. The molecule has 1 heterocycles. The lowest BCUT2D eigenvalue weighted by Gasteiger charge is -2.30. The smallest absolute Gasteiger partial charge is 0.325 e. The van der Waals surface area contributed by atoms with Gasteiger partial charge in [0.05, 0.1) is 25.4 Å². The zero-order valence-electron chi connectivity index (χ0n) is 31.8. The van der Waals surface area contributed by atoms with Crippen molar-refractivity contribution in [3.8, 4) is 0 Å². The van der Waals surface area contributed by atoms with Crippen molar-refractivity contribution < 1.29 is 53.1 Å². The fourth-order valence-electron chi connectivity index (χ4n) is 5.50. The monoisotopic (exact) mass is 815 g/mol. The van der Waals surface area contributed by atoms with Crippen molar-refractivity contribution in [2.24, 2.45) is 28.9 Å². The number of nitrogens with two attached hydrogens (primary N) is 4. The van der Waals surface area contributed by atoms with Gasteiger partial charge in [-0.1, -0.05) is 20.3 Å². The van der Waals surface area contributed by atoms with Crippen LogP contribution in [0.25, 0.3) is 0 Å². The number of carbonyl (C=O) groups is 10. The fourth-order valence-corrected chi connectivity index (χ4v) is 5.76. The van der Waals surface area contributed by atoms with Gasteiger partial charge in [0.1, 0.15) is 36.3 Å². The third-order valence-corrected chi connectivity index (χ3v) is 9.39. The van der Waals surface area contributed by atoms with Crippen LogP contribution in [0.2, 0.25) is 0 Å². The average Bonchev–Trinajstić information content (AvgIpc) is 3.63. The molecule has 23 heteroatoms. The summed E-state index contributed by atoms with van der Waals surface area (Å²) < 4.78 is 0. The van der Waals surface area contributed by atoms with Gasteiger partial charge < -0.3 is 64.8 Å². The summed E-state index contributed by atoms with van der Waals surface area (Å²) in [5.74, 6) is -9.84. The van der Waals surface area contributed by atoms with Gasteiger partial charge in [-0.3, -0.25) is 47.9 Å². The van der Waals surface area contributed by atoms with Crippen LogP contribution in [0.3, 0.4) is 0 Å². The van der Waals surface area contributed by atoms with Crippen LogP contribution in [0.15, 0.2) is 0 Å². The van der Waals surface area contributed by atoms with E-state index >= 15 is 0 Å². The van der Waals surface area contributed by atoms with Gasteiger partial charge in [0.15, 0.2) is 0 Å². The molecule has 15 N–H and O–H groups in total. The summed E-state index contributed by atoms with van der Waals surface area (Å²) in [7, 11) is 0. The highest BCUT2D eigenvalue weighted by Gasteiger charge is 2.39. The Morgan fingerprint density at radius 2 is 1.32 bits per heavy atom. The highest BCUT2D eigenvalue weighted by atomic mass is 32.1. The van der Waals surface area contributed by atoms with E-state index in [9.17, 15) is 47.9 Å². The van der Waals surface area contributed by atoms with Crippen LogP contribution in [0, 0.1) is 5.92 Å². The molecule has 8 atom stereocenters. The summed E-state index contributed by atoms with van der Waals surface area (Å²) >= 11 is 4.14. The average molecular weight is 816 g/mol. The van der Waals surface area contributed by atoms with Crippen molar-refractivity contribution in [2.45, 2.75) is 114 Å². The van der Waals surface area contributed by atoms with Crippen molar-refractivity contribution >= 4 is 71.8 Å². The largest absolute Gasteiger partial charge is 0.480 e. The second kappa shape index (κ2) is 24.5. The minimum Gasteiger partial charge on any atom is -0.480 e. The Kier molecular flexibility index (Phi) is 21.4. The number of amides is 9. The first-order valence-electron chi connectivity index (χ1n) is 18.2. The summed E-state index contributed by atoms with van der Waals surface area (Å²) in [5.41, 5.74) is 22.3. The van der Waals surface area contributed by atoms with Gasteiger partial charge in [-0.25, -0.2) is 0 Å². The number of primary amides is 2. The number of hydrogen-bond donors (Lipinski definition) is 12. The maximum absolute atomic E-state index is 13.5. The zero-order chi connectivity index (χ0) is 42.7. The van der Waals surface area contributed by atoms with E-state index in [0.717, 1.165) is 0 Å². The van der Waals surface area contributed by atoms with Crippen LogP contribution in [-0.2, 0) is 47.9 Å². The molecule has 0 bridgehead atoms. The van der Waals surface area contributed by atoms with Crippen LogP contribution in [0.4, 0.5) is 0 Å². The molecule has 0 aromatic rings. The number of carboxylic acid groups (broad SMARTS) is 1. The third-order valence-electron chi connectivity index (χ3n) is 9.02. The van der Waals surface area contributed by atoms with E-state index in [4.69, 9.17) is 28.0 Å². The number of aliphatic carboxylic acids is 1. The van der Waals surface area contributed by atoms with E-state index in [1.165, 1.54) is 11.8 Å². The molecular formula is C33H57N11O11S. The van der Waals surface area contributed by atoms with E-state index in [2.05, 4.69) is 44.5 Å². The van der Waals surface area contributed by atoms with E-state index in [1.54, 1.807) is 0 Å². The second-order valence-electron chi connectivity index (χ2n) is 13.5. The normalized spacial score (nSPS) is 17.4. The molecule has 9 amide bonds. The summed E-state index contributed by atoms with van der Waals surface area (Å²) in [6.07, 6.45) is 0.616. The molecule has 56 heavy (non-hydrogen) atoms. The minimum atomic E-state index is -1.75. The SMILES string of the molecule is CC[C@H](C)[C@H](N)C(=O)N1CCC[C@H]1C(=O)N[C@@H](CS)C(=O)N[C@@H](CC(N)=O)C(=O)N[C@@H](CC(N)=O)C(=O)N[C@@H](CCCCN)C(=O)NCC(=O)N[C@@H](C)C(=O)O. The number of hydrogen-bond acceptors (Lipinski definition) is 13. The van der Waals surface area contributed by atoms with Gasteiger partial charge in [0, 0.05) is 12.3 Å². The number of likely N-dealkylation sites (tertiary alicyclic amines) is 1. The molecular weight excluding hydrogens is 758 g/mol. The van der Waals surface area contributed by atoms with E-state index < -0.39 is 121 Å². The Hall–Kier alpha value is -5.03. The van der Waals surface area contributed by atoms with Crippen LogP contribution in [-0.4, -0.2) is 137 Å². The van der Waals surface area contributed by atoms with E-state index in [0.29, 0.717) is 32.1 Å². The summed E-state index contributed by atoms with van der Waals surface area (Å²) in [5, 5.41) is 22.8. The van der Waals surface area contributed by atoms with E-state index in [1.807, 2.05) is 13.8 Å². The number of carbonyl (C=O) groups excluding carboxylic acids is 9. The Balaban J connectivity index is 3.14. The van der Waals surface area contributed by atoms with E-state index in [-0.39, 0.29) is 31.2 Å². The maximum Gasteiger partial charge on any atom is 0.325 e. The molecule has 0 spiro atoms. The summed E-state index contributed by atoms with van der Waals surface area (Å²) in [4.78, 5) is 128. The number of nitrogens with zero attached hydrogens (tertiary/aromatic N) is 1. The molecule has 316 valence electrons. The predicted molar refractivity (Wildman–Crippen MR) is 203 cm³/mol. The molecule has 0 unspecified atom stereocenters. The topological polar surface area (TPSA) is 370 Å². The standard InChI is InChI=1S/C33H57N11O11S/c1-4-16(2)26(37)32(53)44-11-7-9-22(44)31(52)43-21(15-56)30(51)42-20(13-24(36)46)29(50)41-19(12-23(35)45)28(49)40-18(8-5-6-10-34)27(48)38-14-25(47)39-17(3)33(54)55/h16-22,26,56H,4-15,34,37H2,1-3H3,(H2,35,45)(H2,36,46)(H,38,48)(H,39,47)(H,40,49)(H,41,50)(H,42,51)(H,43,52)(H,54,55)/t16-,17-,18-,19-,20-,21-,22-,26-/m0/s1. The molecule has 0 aromatic heterocycles. The van der Waals surface area contributed by atoms with Crippen molar-refractivity contribution in [2.75, 3.05) is 25.4 Å². The second-order valence-corrected chi connectivity index (χ2v) is 13.9. The quantitative estimate of drug-likeness (QED) is 0.0303. The number of rotatable bonds is 25. The number of carboxylic acids is 1. The van der Waals surface area contributed by atoms with Gasteiger partial charge in [0.25, 0.3) is 0 Å². The van der Waals surface area contributed by atoms with Gasteiger partial charge in [-0.15, -0.1) is 0 Å². The molecule has 1 aliphatic rings. The first kappa shape index (κ1) is 49.0. The Morgan fingerprint density at radius 3 is 1.80 bits per heavy atom. The molecule has 0 radical (unpaired) electrons. The van der Waals surface area contributed by atoms with Gasteiger partial charge in [0.2, 0.25) is 53.2 Å². The number of nitrogens with one attached hydrogen (secondary N) is 6. The van der Waals surface area contributed by atoms with Crippen molar-refractivity contribution in [1.29, 1.82) is 0 Å². The molecule has 0 aliphatic carbocycles. The number of unbranched alkanes of at least 4 members (excludes halogenated alkanes) is 1. The predicted octanol–water partition coefficient (Wildman–Crippen LogP) is -5.19. The molecule has 1 rings (SSSR count). The first-order chi connectivity index (χ1) is 26.3. The first-order valence-corrected chi connectivity index (χ1v) is 18.9. The molecule has 1 saturated heterocycles. The van der Waals surface area contributed by atoms with Crippen LogP contribution >= 0.6 is 12.6 Å². The van der Waals surface area contributed by atoms with Crippen LogP contribution < -0.4 is 54.8 Å². The molecule has 0 saturated carbocycles. The van der Waals surface area contributed by atoms with Gasteiger partial charge in [-0.2, -0.15) is 12.6 Å². The maximum atomic E-state index is 13.5. The molecule has 0 aromatic carbocycles. The Bertz CT molecular complexity index is 1450. The van der Waals surface area contributed by atoms with Gasteiger partial charge in [-0.05, 0) is 51.5 Å². The minimum absolute atomic E-state index is 0.00615. The Morgan fingerprint density at radius 1 is 0.786 bits per heavy atom. The lowest BCUT2D eigenvalue weighted by molar-refractivity contribution is -0.141. The van der Waals surface area contributed by atoms with Crippen LogP contribution in [0.1, 0.15) is 72.1 Å². The zero-order valence-corrected chi connectivity index (χ0v) is 32.7. The molecule has 22 nitrogen and oxygen atoms in total. The van der Waals surface area contributed by atoms with Crippen LogP contribution in [0.5, 0.6) is 0 Å². The lowest BCUT2D eigenvalue weighted by Crippen LogP contribution is -2.60.